The number of fused-ring (bicyclic) bond motifs is 1. The third-order valence-corrected chi connectivity index (χ3v) is 5.76. The van der Waals surface area contributed by atoms with E-state index in [1.165, 1.54) is 16.7 Å². The first-order valence-electron chi connectivity index (χ1n) is 10.00. The van der Waals surface area contributed by atoms with Crippen molar-refractivity contribution in [1.29, 1.82) is 0 Å². The first-order chi connectivity index (χ1) is 15.1. The van der Waals surface area contributed by atoms with E-state index in [1.54, 1.807) is 11.9 Å². The molecule has 170 valence electrons. The summed E-state index contributed by atoms with van der Waals surface area (Å²) in [5.74, 6) is -2.33. The van der Waals surface area contributed by atoms with E-state index in [0.29, 0.717) is 31.7 Å². The maximum Gasteiger partial charge on any atom is 0.437 e. The summed E-state index contributed by atoms with van der Waals surface area (Å²) < 4.78 is 55.6. The summed E-state index contributed by atoms with van der Waals surface area (Å²) in [6, 6.07) is 3.75. The van der Waals surface area contributed by atoms with Gasteiger partial charge in [0.05, 0.1) is 5.57 Å². The first kappa shape index (κ1) is 22.0. The van der Waals surface area contributed by atoms with Gasteiger partial charge in [0.2, 0.25) is 0 Å². The molecule has 0 spiro atoms. The van der Waals surface area contributed by atoms with Crippen molar-refractivity contribution in [2.75, 3.05) is 32.7 Å². The van der Waals surface area contributed by atoms with Crippen LogP contribution in [0.3, 0.4) is 0 Å². The highest BCUT2D eigenvalue weighted by molar-refractivity contribution is 6.28. The number of benzene rings is 1. The molecule has 11 heteroatoms. The van der Waals surface area contributed by atoms with E-state index in [1.807, 2.05) is 6.92 Å². The minimum Gasteiger partial charge on any atom is -0.339 e. The zero-order valence-electron chi connectivity index (χ0n) is 17.4. The van der Waals surface area contributed by atoms with Crippen LogP contribution in [-0.4, -0.2) is 70.9 Å². The number of aromatic nitrogens is 1. The number of halogens is 4. The SMILES string of the molecule is CCN1CCN(C(=O)c2c(/C=C3/C(=O)ON=C3C(F)(F)F)c3cc(F)ccc3n2C)CC1. The van der Waals surface area contributed by atoms with Crippen LogP contribution in [0.25, 0.3) is 17.0 Å². The highest BCUT2D eigenvalue weighted by Gasteiger charge is 2.46. The predicted octanol–water partition coefficient (Wildman–Crippen LogP) is 2.95. The van der Waals surface area contributed by atoms with E-state index in [9.17, 15) is 27.2 Å². The Bertz CT molecular complexity index is 1160. The molecule has 0 N–H and O–H groups in total. The van der Waals surface area contributed by atoms with Gasteiger partial charge in [-0.15, -0.1) is 0 Å². The van der Waals surface area contributed by atoms with Crippen LogP contribution < -0.4 is 0 Å². The number of piperazine rings is 1. The van der Waals surface area contributed by atoms with Gasteiger partial charge >= 0.3 is 12.1 Å². The molecule has 1 fully saturated rings. The monoisotopic (exact) mass is 452 g/mol. The Morgan fingerprint density at radius 1 is 1.22 bits per heavy atom. The second-order valence-electron chi connectivity index (χ2n) is 7.58. The topological polar surface area (TPSA) is 67.1 Å². The summed E-state index contributed by atoms with van der Waals surface area (Å²) in [5, 5.41) is 3.05. The van der Waals surface area contributed by atoms with E-state index in [0.717, 1.165) is 18.7 Å². The molecule has 0 aliphatic carbocycles. The standard InChI is InChI=1S/C21H20F4N4O3/c1-3-28-6-8-29(9-7-28)19(30)17-14(13-10-12(22)4-5-16(13)27(17)2)11-15-18(21(23,24)25)26-32-20(15)31/h4-5,10-11H,3,6-9H2,1-2H3/b15-11+. The molecular weight excluding hydrogens is 432 g/mol. The van der Waals surface area contributed by atoms with Crippen molar-refractivity contribution in [2.24, 2.45) is 12.2 Å². The Morgan fingerprint density at radius 3 is 2.53 bits per heavy atom. The maximum absolute atomic E-state index is 14.0. The third-order valence-electron chi connectivity index (χ3n) is 5.76. The Kier molecular flexibility index (Phi) is 5.53. The zero-order chi connectivity index (χ0) is 23.2. The molecule has 1 saturated heterocycles. The molecule has 4 rings (SSSR count). The number of carbonyl (C=O) groups excluding carboxylic acids is 2. The summed E-state index contributed by atoms with van der Waals surface area (Å²) in [6.45, 7) is 5.06. The van der Waals surface area contributed by atoms with Gasteiger partial charge in [-0.2, -0.15) is 13.2 Å². The van der Waals surface area contributed by atoms with Gasteiger partial charge in [-0.25, -0.2) is 9.18 Å². The van der Waals surface area contributed by atoms with Crippen LogP contribution in [0.2, 0.25) is 0 Å². The summed E-state index contributed by atoms with van der Waals surface area (Å²) in [7, 11) is 1.57. The molecule has 2 aliphatic rings. The molecular formula is C21H20F4N4O3. The number of carbonyl (C=O) groups is 2. The number of likely N-dealkylation sites (N-methyl/N-ethyl adjacent to an activating group) is 1. The fourth-order valence-electron chi connectivity index (χ4n) is 4.03. The highest BCUT2D eigenvalue weighted by Crippen LogP contribution is 2.33. The van der Waals surface area contributed by atoms with Crippen LogP contribution >= 0.6 is 0 Å². The minimum absolute atomic E-state index is 0.00993. The van der Waals surface area contributed by atoms with Gasteiger partial charge in [-0.1, -0.05) is 12.1 Å². The van der Waals surface area contributed by atoms with E-state index in [4.69, 9.17) is 0 Å². The molecule has 0 atom stereocenters. The predicted molar refractivity (Wildman–Crippen MR) is 108 cm³/mol. The lowest BCUT2D eigenvalue weighted by molar-refractivity contribution is -0.136. The number of amides is 1. The number of hydrogen-bond donors (Lipinski definition) is 0. The van der Waals surface area contributed by atoms with Crippen molar-refractivity contribution in [3.05, 3.63) is 40.8 Å². The van der Waals surface area contributed by atoms with Crippen LogP contribution in [0, 0.1) is 5.82 Å². The third kappa shape index (κ3) is 3.77. The van der Waals surface area contributed by atoms with E-state index >= 15 is 0 Å². The van der Waals surface area contributed by atoms with Gasteiger partial charge in [-0.05, 0) is 30.8 Å². The van der Waals surface area contributed by atoms with Crippen molar-refractivity contribution in [3.63, 3.8) is 0 Å². The quantitative estimate of drug-likeness (QED) is 0.408. The number of alkyl halides is 3. The fourth-order valence-corrected chi connectivity index (χ4v) is 4.03. The smallest absolute Gasteiger partial charge is 0.339 e. The van der Waals surface area contributed by atoms with E-state index < -0.39 is 35.2 Å². The first-order valence-corrected chi connectivity index (χ1v) is 10.00. The molecule has 0 radical (unpaired) electrons. The average molecular weight is 452 g/mol. The normalized spacial score (nSPS) is 19.1. The zero-order valence-corrected chi connectivity index (χ0v) is 17.4. The molecule has 0 bridgehead atoms. The van der Waals surface area contributed by atoms with Crippen molar-refractivity contribution in [2.45, 2.75) is 13.1 Å². The molecule has 3 heterocycles. The second-order valence-corrected chi connectivity index (χ2v) is 7.58. The average Bonchev–Trinajstić information content (AvgIpc) is 3.25. The number of oxime groups is 1. The molecule has 32 heavy (non-hydrogen) atoms. The Hall–Kier alpha value is -3.21. The maximum atomic E-state index is 14.0. The van der Waals surface area contributed by atoms with Crippen LogP contribution in [0.4, 0.5) is 17.6 Å². The molecule has 1 amide bonds. The van der Waals surface area contributed by atoms with Crippen molar-refractivity contribution in [1.82, 2.24) is 14.4 Å². The number of nitrogens with zero attached hydrogens (tertiary/aromatic N) is 4. The molecule has 0 unspecified atom stereocenters. The fraction of sp³-hybridized carbons (Fsp3) is 0.381. The summed E-state index contributed by atoms with van der Waals surface area (Å²) in [5.41, 5.74) is -1.82. The van der Waals surface area contributed by atoms with Crippen LogP contribution in [0.5, 0.6) is 0 Å². The largest absolute Gasteiger partial charge is 0.437 e. The van der Waals surface area contributed by atoms with Crippen molar-refractivity contribution < 1.29 is 32.0 Å². The van der Waals surface area contributed by atoms with Gasteiger partial charge in [0, 0.05) is 49.7 Å². The lowest BCUT2D eigenvalue weighted by atomic mass is 10.0. The van der Waals surface area contributed by atoms with Gasteiger partial charge in [0.25, 0.3) is 5.91 Å². The van der Waals surface area contributed by atoms with Gasteiger partial charge in [0.15, 0.2) is 5.71 Å². The number of aryl methyl sites for hydroxylation is 1. The molecule has 1 aromatic heterocycles. The Morgan fingerprint density at radius 2 is 1.91 bits per heavy atom. The Balaban J connectivity index is 1.87. The van der Waals surface area contributed by atoms with E-state index in [2.05, 4.69) is 14.9 Å². The molecule has 2 aliphatic heterocycles. The van der Waals surface area contributed by atoms with E-state index in [-0.39, 0.29) is 16.6 Å². The van der Waals surface area contributed by atoms with Gasteiger partial charge in [0.1, 0.15) is 11.5 Å². The summed E-state index contributed by atoms with van der Waals surface area (Å²) in [6.07, 6.45) is -4.02. The number of hydrogen-bond acceptors (Lipinski definition) is 5. The molecule has 7 nitrogen and oxygen atoms in total. The van der Waals surface area contributed by atoms with Gasteiger partial charge in [-0.3, -0.25) is 4.79 Å². The van der Waals surface area contributed by atoms with Crippen molar-refractivity contribution in [3.8, 4) is 0 Å². The van der Waals surface area contributed by atoms with Crippen molar-refractivity contribution >= 4 is 34.6 Å². The lowest BCUT2D eigenvalue weighted by Gasteiger charge is -2.34. The second kappa shape index (κ2) is 8.05. The van der Waals surface area contributed by atoms with Crippen LogP contribution in [-0.2, 0) is 16.7 Å². The molecule has 2 aromatic rings. The summed E-state index contributed by atoms with van der Waals surface area (Å²) >= 11 is 0. The molecule has 1 aromatic carbocycles. The highest BCUT2D eigenvalue weighted by atomic mass is 19.4. The van der Waals surface area contributed by atoms with Crippen LogP contribution in [0.15, 0.2) is 28.9 Å². The summed E-state index contributed by atoms with van der Waals surface area (Å²) in [4.78, 5) is 33.4. The molecule has 0 saturated carbocycles. The Labute approximate surface area is 180 Å². The minimum atomic E-state index is -4.94. The lowest BCUT2D eigenvalue weighted by Crippen LogP contribution is -2.48. The number of rotatable bonds is 3. The van der Waals surface area contributed by atoms with Gasteiger partial charge < -0.3 is 19.2 Å². The van der Waals surface area contributed by atoms with Crippen LogP contribution in [0.1, 0.15) is 23.0 Å².